The van der Waals surface area contributed by atoms with Gasteiger partial charge in [0.2, 0.25) is 0 Å². The summed E-state index contributed by atoms with van der Waals surface area (Å²) in [5.41, 5.74) is 2.59. The van der Waals surface area contributed by atoms with Crippen LogP contribution in [0.25, 0.3) is 0 Å². The summed E-state index contributed by atoms with van der Waals surface area (Å²) in [7, 11) is 0. The predicted octanol–water partition coefficient (Wildman–Crippen LogP) is 4.87. The number of aryl methyl sites for hydroxylation is 1. The highest BCUT2D eigenvalue weighted by Gasteiger charge is 2.00. The molecule has 1 heterocycles. The van der Waals surface area contributed by atoms with Gasteiger partial charge in [0, 0.05) is 12.7 Å². The Morgan fingerprint density at radius 3 is 2.35 bits per heavy atom. The van der Waals surface area contributed by atoms with E-state index in [0.717, 1.165) is 19.5 Å². The highest BCUT2D eigenvalue weighted by molar-refractivity contribution is 5.19. The number of unbranched alkanes of at least 4 members (excludes halogenated alkanes) is 7. The van der Waals surface area contributed by atoms with Crippen LogP contribution in [0.3, 0.4) is 0 Å². The van der Waals surface area contributed by atoms with Crippen LogP contribution in [0.1, 0.15) is 76.5 Å². The van der Waals surface area contributed by atoms with Gasteiger partial charge in [0.05, 0.1) is 5.69 Å². The lowest BCUT2D eigenvalue weighted by Crippen LogP contribution is -2.16. The standard InChI is InChI=1S/C18H32N2/c1-3-5-6-7-8-9-10-11-14-19-16-18-17(4-2)13-12-15-20-18/h12-13,15,19H,3-11,14,16H2,1-2H3. The van der Waals surface area contributed by atoms with Crippen LogP contribution in [-0.4, -0.2) is 11.5 Å². The molecule has 114 valence electrons. The van der Waals surface area contributed by atoms with Gasteiger partial charge in [0.1, 0.15) is 0 Å². The van der Waals surface area contributed by atoms with E-state index < -0.39 is 0 Å². The summed E-state index contributed by atoms with van der Waals surface area (Å²) >= 11 is 0. The minimum absolute atomic E-state index is 0.917. The van der Waals surface area contributed by atoms with Crippen molar-refractivity contribution >= 4 is 0 Å². The van der Waals surface area contributed by atoms with E-state index in [1.807, 2.05) is 12.3 Å². The maximum Gasteiger partial charge on any atom is 0.0573 e. The topological polar surface area (TPSA) is 24.9 Å². The summed E-state index contributed by atoms with van der Waals surface area (Å²) in [5.74, 6) is 0. The minimum Gasteiger partial charge on any atom is -0.311 e. The molecular formula is C18H32N2. The van der Waals surface area contributed by atoms with Crippen LogP contribution in [0.4, 0.5) is 0 Å². The third-order valence-corrected chi connectivity index (χ3v) is 3.86. The smallest absolute Gasteiger partial charge is 0.0573 e. The summed E-state index contributed by atoms with van der Waals surface area (Å²) in [6.45, 7) is 6.51. The summed E-state index contributed by atoms with van der Waals surface area (Å²) in [6.07, 6.45) is 14.0. The van der Waals surface area contributed by atoms with E-state index in [1.165, 1.54) is 62.6 Å². The molecule has 0 bridgehead atoms. The van der Waals surface area contributed by atoms with Gasteiger partial charge >= 0.3 is 0 Å². The van der Waals surface area contributed by atoms with Crippen LogP contribution in [0.2, 0.25) is 0 Å². The van der Waals surface area contributed by atoms with Crippen molar-refractivity contribution in [1.82, 2.24) is 10.3 Å². The molecular weight excluding hydrogens is 244 g/mol. The van der Waals surface area contributed by atoms with E-state index in [4.69, 9.17) is 0 Å². The summed E-state index contributed by atoms with van der Waals surface area (Å²) in [5, 5.41) is 3.53. The van der Waals surface area contributed by atoms with Crippen LogP contribution >= 0.6 is 0 Å². The molecule has 20 heavy (non-hydrogen) atoms. The fourth-order valence-corrected chi connectivity index (χ4v) is 2.54. The van der Waals surface area contributed by atoms with Crippen molar-refractivity contribution in [2.75, 3.05) is 6.54 Å². The maximum absolute atomic E-state index is 4.46. The van der Waals surface area contributed by atoms with Crippen molar-refractivity contribution < 1.29 is 0 Å². The average Bonchev–Trinajstić information content (AvgIpc) is 2.49. The van der Waals surface area contributed by atoms with E-state index in [0.29, 0.717) is 0 Å². The van der Waals surface area contributed by atoms with Gasteiger partial charge in [0.25, 0.3) is 0 Å². The number of nitrogens with zero attached hydrogens (tertiary/aromatic N) is 1. The maximum atomic E-state index is 4.46. The van der Waals surface area contributed by atoms with Gasteiger partial charge in [-0.05, 0) is 31.0 Å². The number of hydrogen-bond donors (Lipinski definition) is 1. The SMILES string of the molecule is CCCCCCCCCCNCc1ncccc1CC. The van der Waals surface area contributed by atoms with Gasteiger partial charge < -0.3 is 5.32 Å². The van der Waals surface area contributed by atoms with E-state index >= 15 is 0 Å². The average molecular weight is 276 g/mol. The van der Waals surface area contributed by atoms with Crippen molar-refractivity contribution in [2.24, 2.45) is 0 Å². The number of aromatic nitrogens is 1. The third-order valence-electron chi connectivity index (χ3n) is 3.86. The van der Waals surface area contributed by atoms with Crippen LogP contribution in [-0.2, 0) is 13.0 Å². The van der Waals surface area contributed by atoms with Gasteiger partial charge in [-0.25, -0.2) is 0 Å². The molecule has 0 spiro atoms. The lowest BCUT2D eigenvalue weighted by molar-refractivity contribution is 0.552. The lowest BCUT2D eigenvalue weighted by Gasteiger charge is -2.08. The number of rotatable bonds is 12. The Kier molecular flexibility index (Phi) is 10.2. The second kappa shape index (κ2) is 11.9. The van der Waals surface area contributed by atoms with Gasteiger partial charge in [-0.1, -0.05) is 64.9 Å². The van der Waals surface area contributed by atoms with E-state index in [9.17, 15) is 0 Å². The van der Waals surface area contributed by atoms with Crippen LogP contribution < -0.4 is 5.32 Å². The molecule has 1 rings (SSSR count). The molecule has 0 fully saturated rings. The first kappa shape index (κ1) is 17.2. The van der Waals surface area contributed by atoms with Crippen molar-refractivity contribution in [1.29, 1.82) is 0 Å². The van der Waals surface area contributed by atoms with E-state index in [2.05, 4.69) is 30.2 Å². The molecule has 0 aliphatic carbocycles. The van der Waals surface area contributed by atoms with Gasteiger partial charge in [-0.15, -0.1) is 0 Å². The normalized spacial score (nSPS) is 10.9. The molecule has 1 aromatic rings. The highest BCUT2D eigenvalue weighted by atomic mass is 14.9. The minimum atomic E-state index is 0.917. The quantitative estimate of drug-likeness (QED) is 0.551. The molecule has 0 radical (unpaired) electrons. The Morgan fingerprint density at radius 1 is 0.950 bits per heavy atom. The number of pyridine rings is 1. The summed E-state index contributed by atoms with van der Waals surface area (Å²) in [6, 6.07) is 4.21. The van der Waals surface area contributed by atoms with Crippen LogP contribution in [0.5, 0.6) is 0 Å². The van der Waals surface area contributed by atoms with E-state index in [-0.39, 0.29) is 0 Å². The van der Waals surface area contributed by atoms with Crippen molar-refractivity contribution in [2.45, 2.75) is 78.2 Å². The largest absolute Gasteiger partial charge is 0.311 e. The highest BCUT2D eigenvalue weighted by Crippen LogP contribution is 2.08. The Bertz CT molecular complexity index is 336. The molecule has 0 aromatic carbocycles. The molecule has 0 aliphatic rings. The van der Waals surface area contributed by atoms with Crippen LogP contribution in [0, 0.1) is 0 Å². The zero-order valence-electron chi connectivity index (χ0n) is 13.5. The monoisotopic (exact) mass is 276 g/mol. The van der Waals surface area contributed by atoms with Crippen LogP contribution in [0.15, 0.2) is 18.3 Å². The summed E-state index contributed by atoms with van der Waals surface area (Å²) < 4.78 is 0. The Labute approximate surface area is 125 Å². The third kappa shape index (κ3) is 7.64. The number of hydrogen-bond acceptors (Lipinski definition) is 2. The molecule has 1 N–H and O–H groups in total. The molecule has 0 aliphatic heterocycles. The van der Waals surface area contributed by atoms with Crippen molar-refractivity contribution in [3.05, 3.63) is 29.6 Å². The second-order valence-corrected chi connectivity index (χ2v) is 5.61. The van der Waals surface area contributed by atoms with Crippen molar-refractivity contribution in [3.63, 3.8) is 0 Å². The summed E-state index contributed by atoms with van der Waals surface area (Å²) in [4.78, 5) is 4.46. The number of nitrogens with one attached hydrogen (secondary N) is 1. The predicted molar refractivity (Wildman–Crippen MR) is 87.9 cm³/mol. The molecule has 2 nitrogen and oxygen atoms in total. The first-order valence-electron chi connectivity index (χ1n) is 8.52. The fourth-order valence-electron chi connectivity index (χ4n) is 2.54. The lowest BCUT2D eigenvalue weighted by atomic mass is 10.1. The molecule has 0 atom stereocenters. The van der Waals surface area contributed by atoms with Gasteiger partial charge in [0.15, 0.2) is 0 Å². The molecule has 0 saturated heterocycles. The zero-order valence-corrected chi connectivity index (χ0v) is 13.5. The second-order valence-electron chi connectivity index (χ2n) is 5.61. The first-order chi connectivity index (χ1) is 9.88. The molecule has 2 heteroatoms. The molecule has 0 saturated carbocycles. The Balaban J connectivity index is 1.97. The fraction of sp³-hybridized carbons (Fsp3) is 0.722. The first-order valence-corrected chi connectivity index (χ1v) is 8.52. The Morgan fingerprint density at radius 2 is 1.65 bits per heavy atom. The van der Waals surface area contributed by atoms with Gasteiger partial charge in [-0.2, -0.15) is 0 Å². The zero-order chi connectivity index (χ0) is 14.5. The van der Waals surface area contributed by atoms with Gasteiger partial charge in [-0.3, -0.25) is 4.98 Å². The van der Waals surface area contributed by atoms with Crippen molar-refractivity contribution in [3.8, 4) is 0 Å². The van der Waals surface area contributed by atoms with E-state index in [1.54, 1.807) is 0 Å². The molecule has 0 amide bonds. The molecule has 1 aromatic heterocycles. The molecule has 0 unspecified atom stereocenters. The Hall–Kier alpha value is -0.890.